The minimum atomic E-state index is -0.916. The van der Waals surface area contributed by atoms with E-state index in [4.69, 9.17) is 23.8 Å². The Hall–Kier alpha value is -3.84. The molecule has 3 heterocycles. The van der Waals surface area contributed by atoms with Crippen LogP contribution in [0.15, 0.2) is 65.4 Å². The topological polar surface area (TPSA) is 145 Å². The van der Waals surface area contributed by atoms with Crippen LogP contribution in [-0.2, 0) is 33.4 Å². The molecule has 8 atom stereocenters. The maximum Gasteiger partial charge on any atom is 0.333 e. The standard InChI is InChI=1S/C40H57N3O9/c1-25(11-18-34-27(3)22-26(2)30(6)50-34)12-19-35-39(47)40(7,48-8)24-33(51-35)23-36(44)42-41-29(5)31-14-16-32(17-15-31)49-21-9-10-38(46)52-43-28(4)13-20-37(43)45/h11-12,14-17,19,26-27,30,33-35,39,47H,4,9-10,13,18,20-24H2,1-3,5-8H3,(H,42,44)/b19-12+,25-11+,41-29+/t26-,27+,30-,33-,34+,35-,39-,40+/m1/s1. The number of carbonyl (C=O) groups excluding carboxylic acids is 3. The summed E-state index contributed by atoms with van der Waals surface area (Å²) in [7, 11) is 1.56. The normalized spacial score (nSPS) is 30.2. The second kappa shape index (κ2) is 18.8. The quantitative estimate of drug-likeness (QED) is 0.0973. The van der Waals surface area contributed by atoms with Crippen LogP contribution in [0.4, 0.5) is 0 Å². The highest BCUT2D eigenvalue weighted by atomic mass is 16.7. The summed E-state index contributed by atoms with van der Waals surface area (Å²) in [6.07, 6.45) is 7.96. The molecule has 12 nitrogen and oxygen atoms in total. The zero-order chi connectivity index (χ0) is 38.0. The van der Waals surface area contributed by atoms with Crippen LogP contribution in [-0.4, -0.2) is 83.5 Å². The number of ether oxygens (including phenoxy) is 4. The van der Waals surface area contributed by atoms with Gasteiger partial charge in [0.25, 0.3) is 5.91 Å². The average Bonchev–Trinajstić information content (AvgIpc) is 3.43. The molecule has 2 amide bonds. The Bertz CT molecular complexity index is 1490. The van der Waals surface area contributed by atoms with Gasteiger partial charge in [-0.15, -0.1) is 5.06 Å². The third-order valence-corrected chi connectivity index (χ3v) is 10.3. The van der Waals surface area contributed by atoms with E-state index in [1.54, 1.807) is 26.2 Å². The number of rotatable bonds is 15. The first-order valence-corrected chi connectivity index (χ1v) is 18.4. The second-order valence-corrected chi connectivity index (χ2v) is 14.6. The average molecular weight is 724 g/mol. The van der Waals surface area contributed by atoms with Crippen LogP contribution in [0.3, 0.4) is 0 Å². The Balaban J connectivity index is 1.23. The van der Waals surface area contributed by atoms with Crippen molar-refractivity contribution in [1.82, 2.24) is 10.5 Å². The minimum Gasteiger partial charge on any atom is -0.494 e. The monoisotopic (exact) mass is 723 g/mol. The molecule has 2 N–H and O–H groups in total. The first-order chi connectivity index (χ1) is 24.7. The van der Waals surface area contributed by atoms with Crippen LogP contribution < -0.4 is 10.2 Å². The van der Waals surface area contributed by atoms with Crippen molar-refractivity contribution in [2.45, 2.75) is 129 Å². The van der Waals surface area contributed by atoms with Crippen molar-refractivity contribution in [2.24, 2.45) is 16.9 Å². The maximum absolute atomic E-state index is 13.0. The molecule has 0 aliphatic carbocycles. The molecule has 0 radical (unpaired) electrons. The fourth-order valence-corrected chi connectivity index (χ4v) is 6.67. The lowest BCUT2D eigenvalue weighted by atomic mass is 9.84. The molecule has 1 aromatic carbocycles. The number of aliphatic hydroxyl groups is 1. The number of hydrogen-bond donors (Lipinski definition) is 2. The number of nitrogens with one attached hydrogen (secondary N) is 1. The molecule has 3 aliphatic heterocycles. The number of hydrazone groups is 1. The number of nitrogens with zero attached hydrogens (tertiary/aromatic N) is 2. The van der Waals surface area contributed by atoms with Gasteiger partial charge in [0.15, 0.2) is 0 Å². The lowest BCUT2D eigenvalue weighted by molar-refractivity contribution is -0.207. The van der Waals surface area contributed by atoms with E-state index in [1.165, 1.54) is 0 Å². The zero-order valence-electron chi connectivity index (χ0n) is 31.8. The van der Waals surface area contributed by atoms with Crippen molar-refractivity contribution in [1.29, 1.82) is 0 Å². The number of carbonyl (C=O) groups is 3. The molecular formula is C40H57N3O9. The molecule has 0 bridgehead atoms. The molecule has 3 saturated heterocycles. The molecule has 3 fully saturated rings. The van der Waals surface area contributed by atoms with Gasteiger partial charge in [-0.2, -0.15) is 5.10 Å². The summed E-state index contributed by atoms with van der Waals surface area (Å²) in [6.45, 7) is 16.3. The Morgan fingerprint density at radius 1 is 1.13 bits per heavy atom. The Kier molecular flexibility index (Phi) is 14.8. The number of aliphatic hydroxyl groups excluding tert-OH is 1. The van der Waals surface area contributed by atoms with Gasteiger partial charge in [0.2, 0.25) is 5.91 Å². The predicted molar refractivity (Wildman–Crippen MR) is 197 cm³/mol. The first-order valence-electron chi connectivity index (χ1n) is 18.4. The molecule has 0 aromatic heterocycles. The second-order valence-electron chi connectivity index (χ2n) is 14.6. The van der Waals surface area contributed by atoms with Gasteiger partial charge in [-0.1, -0.05) is 44.2 Å². The summed E-state index contributed by atoms with van der Waals surface area (Å²) in [6, 6.07) is 7.21. The lowest BCUT2D eigenvalue weighted by Gasteiger charge is -2.44. The Morgan fingerprint density at radius 3 is 2.54 bits per heavy atom. The first kappa shape index (κ1) is 40.9. The minimum absolute atomic E-state index is 0.0402. The van der Waals surface area contributed by atoms with Gasteiger partial charge in [0, 0.05) is 20.0 Å². The smallest absolute Gasteiger partial charge is 0.333 e. The number of hydrogen-bond acceptors (Lipinski definition) is 10. The molecule has 4 rings (SSSR count). The van der Waals surface area contributed by atoms with Gasteiger partial charge in [0.05, 0.1) is 54.8 Å². The largest absolute Gasteiger partial charge is 0.494 e. The highest BCUT2D eigenvalue weighted by Gasteiger charge is 2.46. The van der Waals surface area contributed by atoms with Gasteiger partial charge >= 0.3 is 5.97 Å². The van der Waals surface area contributed by atoms with Gasteiger partial charge in [0.1, 0.15) is 18.0 Å². The molecule has 3 aliphatic rings. The van der Waals surface area contributed by atoms with Crippen LogP contribution in [0, 0.1) is 11.8 Å². The van der Waals surface area contributed by atoms with Gasteiger partial charge < -0.3 is 28.9 Å². The van der Waals surface area contributed by atoms with Crippen LogP contribution in [0.5, 0.6) is 5.75 Å². The maximum atomic E-state index is 13.0. The summed E-state index contributed by atoms with van der Waals surface area (Å²) < 4.78 is 23.9. The van der Waals surface area contributed by atoms with E-state index in [0.29, 0.717) is 54.7 Å². The molecule has 286 valence electrons. The number of methoxy groups -OCH3 is 1. The molecular weight excluding hydrogens is 666 g/mol. The van der Waals surface area contributed by atoms with Crippen LogP contribution in [0.25, 0.3) is 0 Å². The highest BCUT2D eigenvalue weighted by molar-refractivity contribution is 5.99. The zero-order valence-corrected chi connectivity index (χ0v) is 31.8. The molecule has 12 heteroatoms. The molecule has 0 saturated carbocycles. The lowest BCUT2D eigenvalue weighted by Crippen LogP contribution is -2.56. The number of amides is 2. The van der Waals surface area contributed by atoms with Gasteiger partial charge in [-0.05, 0) is 95.0 Å². The van der Waals surface area contributed by atoms with E-state index in [-0.39, 0.29) is 43.5 Å². The third-order valence-electron chi connectivity index (χ3n) is 10.3. The summed E-state index contributed by atoms with van der Waals surface area (Å²) >= 11 is 0. The Labute approximate surface area is 308 Å². The van der Waals surface area contributed by atoms with E-state index in [0.717, 1.165) is 29.0 Å². The van der Waals surface area contributed by atoms with E-state index >= 15 is 0 Å². The van der Waals surface area contributed by atoms with E-state index in [2.05, 4.69) is 44.0 Å². The highest BCUT2D eigenvalue weighted by Crippen LogP contribution is 2.34. The molecule has 0 spiro atoms. The summed E-state index contributed by atoms with van der Waals surface area (Å²) in [4.78, 5) is 41.9. The van der Waals surface area contributed by atoms with Crippen LogP contribution >= 0.6 is 0 Å². The third kappa shape index (κ3) is 11.3. The van der Waals surface area contributed by atoms with E-state index in [9.17, 15) is 19.5 Å². The fourth-order valence-electron chi connectivity index (χ4n) is 6.67. The summed E-state index contributed by atoms with van der Waals surface area (Å²) in [5.41, 5.74) is 4.65. The van der Waals surface area contributed by atoms with Gasteiger partial charge in [-0.3, -0.25) is 9.59 Å². The summed E-state index contributed by atoms with van der Waals surface area (Å²) in [5, 5.41) is 16.4. The molecule has 52 heavy (non-hydrogen) atoms. The molecule has 1 aromatic rings. The number of benzene rings is 1. The van der Waals surface area contributed by atoms with Crippen molar-refractivity contribution in [3.05, 3.63) is 65.9 Å². The van der Waals surface area contributed by atoms with Crippen molar-refractivity contribution < 1.29 is 43.3 Å². The SMILES string of the molecule is C=C1CCC(=O)N1OC(=O)CCCOc1ccc(/C(C)=N/NC(=O)C[C@@H]2C[C@](C)(OC)[C@H](O)[C@@H](/C=C/C(C)=C/C[C@@H]3O[C@H](C)[C@H](C)C[C@@H]3C)O2)cc1. The fraction of sp³-hybridized carbons (Fsp3) is 0.600. The van der Waals surface area contributed by atoms with Crippen molar-refractivity contribution in [3.8, 4) is 5.75 Å². The number of allylic oxidation sites excluding steroid dienone is 3. The van der Waals surface area contributed by atoms with E-state index < -0.39 is 29.9 Å². The summed E-state index contributed by atoms with van der Waals surface area (Å²) in [5.74, 6) is 0.562. The van der Waals surface area contributed by atoms with Crippen LogP contribution in [0.2, 0.25) is 0 Å². The van der Waals surface area contributed by atoms with Crippen molar-refractivity contribution >= 4 is 23.5 Å². The molecule has 0 unspecified atom stereocenters. The predicted octanol–water partition coefficient (Wildman–Crippen LogP) is 5.94. The van der Waals surface area contributed by atoms with E-state index in [1.807, 2.05) is 38.1 Å². The van der Waals surface area contributed by atoms with Crippen molar-refractivity contribution in [3.63, 3.8) is 0 Å². The van der Waals surface area contributed by atoms with Crippen molar-refractivity contribution in [2.75, 3.05) is 13.7 Å². The number of hydroxylamine groups is 2. The van der Waals surface area contributed by atoms with Gasteiger partial charge in [-0.25, -0.2) is 10.2 Å². The Morgan fingerprint density at radius 2 is 1.87 bits per heavy atom. The van der Waals surface area contributed by atoms with Crippen LogP contribution in [0.1, 0.15) is 98.5 Å².